The first-order valence-corrected chi connectivity index (χ1v) is 3.51. The first-order valence-electron chi connectivity index (χ1n) is 3.51. The van der Waals surface area contributed by atoms with E-state index in [1.54, 1.807) is 0 Å². The minimum Gasteiger partial charge on any atom is -0.508 e. The molecular weight excluding hydrogens is 157 g/mol. The van der Waals surface area contributed by atoms with Crippen LogP contribution < -0.4 is 5.73 Å². The van der Waals surface area contributed by atoms with Crippen LogP contribution in [0.5, 0.6) is 5.75 Å². The van der Waals surface area contributed by atoms with Crippen LogP contribution in [-0.4, -0.2) is 5.11 Å². The smallest absolute Gasteiger partial charge is 0.128 e. The summed E-state index contributed by atoms with van der Waals surface area (Å²) in [5.41, 5.74) is 5.75. The Morgan fingerprint density at radius 3 is 2.83 bits per heavy atom. The second-order valence-electron chi connectivity index (χ2n) is 2.47. The molecule has 1 aromatic carbocycles. The molecule has 0 aliphatic carbocycles. The molecule has 0 aromatic heterocycles. The molecule has 64 valence electrons. The van der Waals surface area contributed by atoms with Gasteiger partial charge in [0.2, 0.25) is 0 Å². The summed E-state index contributed by atoms with van der Waals surface area (Å²) in [6.07, 6.45) is 1.41. The molecule has 3 N–H and O–H groups in total. The molecule has 0 aliphatic rings. The van der Waals surface area contributed by atoms with Gasteiger partial charge in [-0.2, -0.15) is 0 Å². The van der Waals surface area contributed by atoms with Gasteiger partial charge >= 0.3 is 0 Å². The Kier molecular flexibility index (Phi) is 2.45. The van der Waals surface area contributed by atoms with Crippen LogP contribution in [0.2, 0.25) is 0 Å². The van der Waals surface area contributed by atoms with Crippen molar-refractivity contribution in [2.24, 2.45) is 5.73 Å². The minimum absolute atomic E-state index is 0.00343. The molecular formula is C9H10FNO. The van der Waals surface area contributed by atoms with Crippen LogP contribution in [0.25, 0.3) is 0 Å². The summed E-state index contributed by atoms with van der Waals surface area (Å²) in [4.78, 5) is 0. The zero-order chi connectivity index (χ0) is 9.14. The van der Waals surface area contributed by atoms with Crippen LogP contribution in [0.4, 0.5) is 4.39 Å². The number of aromatic hydroxyl groups is 1. The highest BCUT2D eigenvalue weighted by Gasteiger charge is 2.08. The fourth-order valence-electron chi connectivity index (χ4n) is 0.914. The molecule has 1 atom stereocenters. The van der Waals surface area contributed by atoms with Crippen molar-refractivity contribution in [2.75, 3.05) is 0 Å². The summed E-state index contributed by atoms with van der Waals surface area (Å²) in [7, 11) is 0. The van der Waals surface area contributed by atoms with Gasteiger partial charge in [-0.25, -0.2) is 4.39 Å². The number of halogens is 1. The Hall–Kier alpha value is -1.35. The molecule has 1 aromatic rings. The van der Waals surface area contributed by atoms with Crippen molar-refractivity contribution in [1.29, 1.82) is 0 Å². The number of benzene rings is 1. The van der Waals surface area contributed by atoms with Crippen molar-refractivity contribution in [3.8, 4) is 5.75 Å². The largest absolute Gasteiger partial charge is 0.508 e. The van der Waals surface area contributed by atoms with Crippen molar-refractivity contribution in [3.63, 3.8) is 0 Å². The number of phenolic OH excluding ortho intramolecular Hbond substituents is 1. The molecule has 0 amide bonds. The van der Waals surface area contributed by atoms with Crippen molar-refractivity contribution >= 4 is 0 Å². The zero-order valence-electron chi connectivity index (χ0n) is 6.50. The van der Waals surface area contributed by atoms with E-state index in [1.807, 2.05) is 0 Å². The predicted molar refractivity (Wildman–Crippen MR) is 45.2 cm³/mol. The molecule has 0 unspecified atom stereocenters. The van der Waals surface area contributed by atoms with Crippen LogP contribution in [0.3, 0.4) is 0 Å². The van der Waals surface area contributed by atoms with Crippen molar-refractivity contribution < 1.29 is 9.50 Å². The molecule has 3 heteroatoms. The van der Waals surface area contributed by atoms with E-state index < -0.39 is 11.9 Å². The van der Waals surface area contributed by atoms with Gasteiger partial charge in [0.25, 0.3) is 0 Å². The number of phenols is 1. The summed E-state index contributed by atoms with van der Waals surface area (Å²) in [6.45, 7) is 3.43. The lowest BCUT2D eigenvalue weighted by Gasteiger charge is -2.07. The van der Waals surface area contributed by atoms with E-state index >= 15 is 0 Å². The Morgan fingerprint density at radius 2 is 2.25 bits per heavy atom. The summed E-state index contributed by atoms with van der Waals surface area (Å²) in [6, 6.07) is 3.17. The van der Waals surface area contributed by atoms with Crippen LogP contribution in [-0.2, 0) is 0 Å². The van der Waals surface area contributed by atoms with E-state index in [2.05, 4.69) is 6.58 Å². The van der Waals surface area contributed by atoms with E-state index in [4.69, 9.17) is 10.8 Å². The quantitative estimate of drug-likeness (QED) is 0.659. The molecule has 0 saturated heterocycles. The number of hydrogen-bond acceptors (Lipinski definition) is 2. The average Bonchev–Trinajstić information content (AvgIpc) is 2.08. The number of rotatable bonds is 2. The van der Waals surface area contributed by atoms with E-state index in [0.29, 0.717) is 0 Å². The maximum atomic E-state index is 13.0. The lowest BCUT2D eigenvalue weighted by atomic mass is 10.1. The fourth-order valence-corrected chi connectivity index (χ4v) is 0.914. The van der Waals surface area contributed by atoms with Crippen LogP contribution in [0.15, 0.2) is 30.9 Å². The van der Waals surface area contributed by atoms with Crippen LogP contribution in [0, 0.1) is 5.82 Å². The van der Waals surface area contributed by atoms with Crippen molar-refractivity contribution in [2.45, 2.75) is 6.04 Å². The zero-order valence-corrected chi connectivity index (χ0v) is 6.50. The molecule has 1 rings (SSSR count). The van der Waals surface area contributed by atoms with Crippen molar-refractivity contribution in [3.05, 3.63) is 42.2 Å². The van der Waals surface area contributed by atoms with Gasteiger partial charge in [-0.05, 0) is 18.2 Å². The van der Waals surface area contributed by atoms with E-state index in [9.17, 15) is 4.39 Å². The third kappa shape index (κ3) is 1.62. The van der Waals surface area contributed by atoms with Gasteiger partial charge in [0.1, 0.15) is 11.6 Å². The van der Waals surface area contributed by atoms with Gasteiger partial charge in [-0.1, -0.05) is 6.08 Å². The molecule has 0 fully saturated rings. The first-order chi connectivity index (χ1) is 5.65. The van der Waals surface area contributed by atoms with Gasteiger partial charge in [0.15, 0.2) is 0 Å². The molecule has 0 saturated carbocycles. The maximum absolute atomic E-state index is 13.0. The van der Waals surface area contributed by atoms with E-state index in [1.165, 1.54) is 24.3 Å². The van der Waals surface area contributed by atoms with E-state index in [-0.39, 0.29) is 11.3 Å². The highest BCUT2D eigenvalue weighted by molar-refractivity contribution is 5.32. The SMILES string of the molecule is C=C[C@@H](N)c1cc(O)ccc1F. The Morgan fingerprint density at radius 1 is 1.58 bits per heavy atom. The van der Waals surface area contributed by atoms with Gasteiger partial charge < -0.3 is 10.8 Å². The maximum Gasteiger partial charge on any atom is 0.128 e. The minimum atomic E-state index is -0.572. The van der Waals surface area contributed by atoms with Gasteiger partial charge in [0.05, 0.1) is 6.04 Å². The number of hydrogen-bond donors (Lipinski definition) is 2. The molecule has 0 radical (unpaired) electrons. The molecule has 0 heterocycles. The van der Waals surface area contributed by atoms with Crippen molar-refractivity contribution in [1.82, 2.24) is 0 Å². The standard InChI is InChI=1S/C9H10FNO/c1-2-9(11)7-5-6(12)3-4-8(7)10/h2-5,9,12H,1,11H2/t9-/m1/s1. The first kappa shape index (κ1) is 8.74. The molecule has 0 spiro atoms. The lowest BCUT2D eigenvalue weighted by molar-refractivity contribution is 0.470. The molecule has 0 aliphatic heterocycles. The third-order valence-electron chi connectivity index (χ3n) is 1.59. The fraction of sp³-hybridized carbons (Fsp3) is 0.111. The predicted octanol–water partition coefficient (Wildman–Crippen LogP) is 1.72. The van der Waals surface area contributed by atoms with Gasteiger partial charge in [-0.15, -0.1) is 6.58 Å². The van der Waals surface area contributed by atoms with E-state index in [0.717, 1.165) is 0 Å². The Labute approximate surface area is 70.1 Å². The topological polar surface area (TPSA) is 46.2 Å². The molecule has 0 bridgehead atoms. The van der Waals surface area contributed by atoms with Gasteiger partial charge in [0, 0.05) is 5.56 Å². The number of nitrogens with two attached hydrogens (primary N) is 1. The second kappa shape index (κ2) is 3.36. The van der Waals surface area contributed by atoms with Gasteiger partial charge in [-0.3, -0.25) is 0 Å². The highest BCUT2D eigenvalue weighted by Crippen LogP contribution is 2.20. The van der Waals surface area contributed by atoms with Crippen LogP contribution in [0.1, 0.15) is 11.6 Å². The summed E-state index contributed by atoms with van der Waals surface area (Å²) in [5.74, 6) is -0.427. The lowest BCUT2D eigenvalue weighted by Crippen LogP contribution is -2.08. The third-order valence-corrected chi connectivity index (χ3v) is 1.59. The Bertz CT molecular complexity index is 299. The summed E-state index contributed by atoms with van der Waals surface area (Å²) < 4.78 is 13.0. The summed E-state index contributed by atoms with van der Waals surface area (Å²) in [5, 5.41) is 9.03. The molecule has 12 heavy (non-hydrogen) atoms. The van der Waals surface area contributed by atoms with Crippen LogP contribution >= 0.6 is 0 Å². The normalized spacial score (nSPS) is 12.5. The highest BCUT2D eigenvalue weighted by atomic mass is 19.1. The monoisotopic (exact) mass is 167 g/mol. The molecule has 2 nitrogen and oxygen atoms in total. The second-order valence-corrected chi connectivity index (χ2v) is 2.47. The summed E-state index contributed by atoms with van der Waals surface area (Å²) >= 11 is 0. The average molecular weight is 167 g/mol. The Balaban J connectivity index is 3.12.